The molecule has 0 aliphatic heterocycles. The van der Waals surface area contributed by atoms with Crippen LogP contribution in [-0.4, -0.2) is 0 Å². The van der Waals surface area contributed by atoms with Crippen LogP contribution in [0.2, 0.25) is 0 Å². The van der Waals surface area contributed by atoms with Crippen LogP contribution in [0.25, 0.3) is 0 Å². The minimum atomic E-state index is -1.10. The quantitative estimate of drug-likeness (QED) is 0.0800. The fourth-order valence-corrected chi connectivity index (χ4v) is 3.69. The van der Waals surface area contributed by atoms with E-state index in [0.717, 1.165) is 24.8 Å². The summed E-state index contributed by atoms with van der Waals surface area (Å²) in [7, 11) is 0. The van der Waals surface area contributed by atoms with Gasteiger partial charge in [0, 0.05) is 11.1 Å². The molecule has 0 amide bonds. The maximum absolute atomic E-state index is 14.9. The third kappa shape index (κ3) is 13.8. The first-order chi connectivity index (χ1) is 18.6. The average Bonchev–Trinajstić information content (AvgIpc) is 2.92. The highest BCUT2D eigenvalue weighted by Crippen LogP contribution is 2.30. The Bertz CT molecular complexity index is 1080. The van der Waals surface area contributed by atoms with Crippen molar-refractivity contribution in [2.24, 2.45) is 17.8 Å². The van der Waals surface area contributed by atoms with Crippen LogP contribution in [0, 0.1) is 17.8 Å². The minimum Gasteiger partial charge on any atom is -0.206 e. The van der Waals surface area contributed by atoms with Crippen LogP contribution in [0.4, 0.5) is 13.2 Å². The van der Waals surface area contributed by atoms with Gasteiger partial charge in [0.05, 0.1) is 0 Å². The number of halogens is 3. The van der Waals surface area contributed by atoms with E-state index in [9.17, 15) is 13.2 Å². The van der Waals surface area contributed by atoms with Gasteiger partial charge >= 0.3 is 0 Å². The summed E-state index contributed by atoms with van der Waals surface area (Å²) in [6.45, 7) is 37.2. The van der Waals surface area contributed by atoms with Crippen molar-refractivity contribution in [3.05, 3.63) is 133 Å². The molecule has 0 aliphatic carbocycles. The highest BCUT2D eigenvalue weighted by Gasteiger charge is 2.15. The van der Waals surface area contributed by atoms with Crippen molar-refractivity contribution in [1.82, 2.24) is 0 Å². The molecule has 220 valence electrons. The van der Waals surface area contributed by atoms with Gasteiger partial charge in [-0.1, -0.05) is 104 Å². The first-order valence-corrected chi connectivity index (χ1v) is 14.2. The van der Waals surface area contributed by atoms with Gasteiger partial charge in [0.1, 0.15) is 5.83 Å². The Kier molecular flexibility index (Phi) is 17.6. The van der Waals surface area contributed by atoms with Crippen molar-refractivity contribution < 1.29 is 13.2 Å². The lowest BCUT2D eigenvalue weighted by Gasteiger charge is -2.20. The van der Waals surface area contributed by atoms with E-state index in [1.54, 1.807) is 6.08 Å². The molecule has 0 aromatic rings. The Morgan fingerprint density at radius 3 is 1.90 bits per heavy atom. The summed E-state index contributed by atoms with van der Waals surface area (Å²) < 4.78 is 44.1. The molecule has 2 unspecified atom stereocenters. The molecule has 0 fully saturated rings. The minimum absolute atomic E-state index is 0.0811. The van der Waals surface area contributed by atoms with Gasteiger partial charge in [0.15, 0.2) is 11.7 Å². The van der Waals surface area contributed by atoms with E-state index in [2.05, 4.69) is 73.7 Å². The molecule has 0 rings (SSSR count). The summed E-state index contributed by atoms with van der Waals surface area (Å²) in [4.78, 5) is 0. The molecular weight excluding hydrogens is 501 g/mol. The molecule has 2 atom stereocenters. The smallest absolute Gasteiger partial charge is 0.166 e. The molecule has 0 radical (unpaired) electrons. The molecule has 0 aromatic carbocycles. The maximum Gasteiger partial charge on any atom is 0.166 e. The van der Waals surface area contributed by atoms with E-state index in [4.69, 9.17) is 0 Å². The molecule has 40 heavy (non-hydrogen) atoms. The molecule has 0 N–H and O–H groups in total. The molecule has 0 bridgehead atoms. The van der Waals surface area contributed by atoms with Gasteiger partial charge in [-0.25, -0.2) is 13.2 Å². The highest BCUT2D eigenvalue weighted by atomic mass is 19.2. The normalized spacial score (nSPS) is 14.5. The second-order valence-electron chi connectivity index (χ2n) is 11.2. The molecule has 0 saturated carbocycles. The Hall–Kier alpha value is -3.07. The number of hydrogen-bond acceptors (Lipinski definition) is 0. The summed E-state index contributed by atoms with van der Waals surface area (Å²) in [5.74, 6) is -0.847. The number of unbranched alkanes of at least 4 members (excludes halogenated alkanes) is 2. The lowest BCUT2D eigenvalue weighted by Crippen LogP contribution is -2.08. The molecular formula is C37H51F3. The van der Waals surface area contributed by atoms with Gasteiger partial charge in [-0.3, -0.25) is 0 Å². The fraction of sp³-hybridized carbons (Fsp3) is 0.405. The van der Waals surface area contributed by atoms with Gasteiger partial charge in [-0.05, 0) is 90.7 Å². The van der Waals surface area contributed by atoms with E-state index >= 15 is 0 Å². The Labute approximate surface area is 243 Å². The van der Waals surface area contributed by atoms with Gasteiger partial charge in [0.25, 0.3) is 0 Å². The van der Waals surface area contributed by atoms with Crippen molar-refractivity contribution in [2.45, 2.75) is 79.6 Å². The van der Waals surface area contributed by atoms with Crippen molar-refractivity contribution in [2.75, 3.05) is 0 Å². The lowest BCUT2D eigenvalue weighted by molar-refractivity contribution is 0.339. The first-order valence-electron chi connectivity index (χ1n) is 14.2. The van der Waals surface area contributed by atoms with E-state index < -0.39 is 17.5 Å². The van der Waals surface area contributed by atoms with E-state index in [-0.39, 0.29) is 16.7 Å². The van der Waals surface area contributed by atoms with E-state index in [1.807, 2.05) is 13.0 Å². The zero-order valence-corrected chi connectivity index (χ0v) is 25.7. The van der Waals surface area contributed by atoms with Crippen LogP contribution in [0.15, 0.2) is 133 Å². The molecule has 0 aliphatic rings. The molecule has 0 aromatic heterocycles. The molecule has 0 heterocycles. The van der Waals surface area contributed by atoms with Crippen molar-refractivity contribution in [3.8, 4) is 0 Å². The van der Waals surface area contributed by atoms with Crippen molar-refractivity contribution in [1.29, 1.82) is 0 Å². The van der Waals surface area contributed by atoms with Gasteiger partial charge in [-0.15, -0.1) is 6.58 Å². The number of allylic oxidation sites excluding steroid dienone is 15. The van der Waals surface area contributed by atoms with Gasteiger partial charge < -0.3 is 0 Å². The van der Waals surface area contributed by atoms with Crippen LogP contribution < -0.4 is 0 Å². The van der Waals surface area contributed by atoms with E-state index in [0.29, 0.717) is 47.3 Å². The molecule has 0 saturated heterocycles. The van der Waals surface area contributed by atoms with Crippen LogP contribution in [-0.2, 0) is 0 Å². The van der Waals surface area contributed by atoms with Gasteiger partial charge in [0.2, 0.25) is 0 Å². The zero-order valence-electron chi connectivity index (χ0n) is 25.7. The summed E-state index contributed by atoms with van der Waals surface area (Å²) in [6.07, 6.45) is 14.0. The van der Waals surface area contributed by atoms with Crippen LogP contribution >= 0.6 is 0 Å². The van der Waals surface area contributed by atoms with Gasteiger partial charge in [-0.2, -0.15) is 0 Å². The summed E-state index contributed by atoms with van der Waals surface area (Å²) in [5, 5.41) is 0. The highest BCUT2D eigenvalue weighted by molar-refractivity contribution is 5.54. The molecule has 3 heteroatoms. The summed E-state index contributed by atoms with van der Waals surface area (Å²) in [6, 6.07) is 0. The predicted molar refractivity (Wildman–Crippen MR) is 172 cm³/mol. The second-order valence-corrected chi connectivity index (χ2v) is 11.2. The second kappa shape index (κ2) is 19.1. The molecule has 0 nitrogen and oxygen atoms in total. The Morgan fingerprint density at radius 2 is 1.32 bits per heavy atom. The van der Waals surface area contributed by atoms with Crippen LogP contribution in [0.3, 0.4) is 0 Å². The summed E-state index contributed by atoms with van der Waals surface area (Å²) >= 11 is 0. The monoisotopic (exact) mass is 552 g/mol. The van der Waals surface area contributed by atoms with Crippen molar-refractivity contribution in [3.63, 3.8) is 0 Å². The maximum atomic E-state index is 14.9. The third-order valence-electron chi connectivity index (χ3n) is 7.22. The largest absolute Gasteiger partial charge is 0.206 e. The van der Waals surface area contributed by atoms with Crippen LogP contribution in [0.1, 0.15) is 79.6 Å². The third-order valence-corrected chi connectivity index (χ3v) is 7.22. The fourth-order valence-electron chi connectivity index (χ4n) is 3.69. The first kappa shape index (κ1) is 36.9. The predicted octanol–water partition coefficient (Wildman–Crippen LogP) is 12.7. The van der Waals surface area contributed by atoms with Crippen LogP contribution in [0.5, 0.6) is 0 Å². The SMILES string of the molecule is C=CCCCCC(=C)/C(F)=C(/F)C(=C)C(=C)/C=C\C(=C)C(=C)/C=C(/F)C(=C)/C(C)=C/CC(C)C(C)CCC(C)C. The Morgan fingerprint density at radius 1 is 0.725 bits per heavy atom. The topological polar surface area (TPSA) is 0 Å². The van der Waals surface area contributed by atoms with E-state index in [1.165, 1.54) is 31.1 Å². The Balaban J connectivity index is 5.17. The number of rotatable bonds is 20. The van der Waals surface area contributed by atoms with Crippen molar-refractivity contribution >= 4 is 0 Å². The standard InChI is InChI=1S/C37H51F3/c1-13-14-15-16-17-31(9)36(39)37(40)34(12)30(8)23-21-28(6)32(10)24-35(38)33(11)29(7)22-20-27(5)26(4)19-18-25(2)3/h13,21-27H,1,6,8-12,14-20H2,2-5,7H3/b23-21-,29-22+,35-24+,37-36-. The average molecular weight is 553 g/mol. The lowest BCUT2D eigenvalue weighted by atomic mass is 9.86. The summed E-state index contributed by atoms with van der Waals surface area (Å²) in [5.41, 5.74) is 1.84. The molecule has 0 spiro atoms. The number of hydrogen-bond donors (Lipinski definition) is 0. The zero-order chi connectivity index (χ0) is 31.0.